The normalized spacial score (nSPS) is 24.4. The largest absolute Gasteiger partial charge is 0.361 e. The Kier molecular flexibility index (Phi) is 9.94. The first-order valence-corrected chi connectivity index (χ1v) is 14.0. The van der Waals surface area contributed by atoms with Crippen molar-refractivity contribution >= 4 is 29.5 Å². The predicted octanol–water partition coefficient (Wildman–Crippen LogP) is 0.0392. The molecule has 1 aromatic heterocycles. The molecule has 2 aliphatic heterocycles. The summed E-state index contributed by atoms with van der Waals surface area (Å²) in [5.41, 5.74) is 0.889. The van der Waals surface area contributed by atoms with Gasteiger partial charge in [0.15, 0.2) is 11.8 Å². The number of carbonyl (C=O) groups excluding carboxylic acids is 5. The summed E-state index contributed by atoms with van der Waals surface area (Å²) < 4.78 is 11.1. The van der Waals surface area contributed by atoms with Crippen LogP contribution in [0.5, 0.6) is 0 Å². The highest BCUT2D eigenvalue weighted by Gasteiger charge is 2.38. The molecule has 0 saturated carbocycles. The van der Waals surface area contributed by atoms with Crippen LogP contribution in [0, 0.1) is 12.8 Å². The van der Waals surface area contributed by atoms with Crippen LogP contribution in [0.2, 0.25) is 0 Å². The van der Waals surface area contributed by atoms with E-state index in [1.807, 2.05) is 44.2 Å². The highest BCUT2D eigenvalue weighted by Crippen LogP contribution is 2.17. The van der Waals surface area contributed by atoms with Gasteiger partial charge in [-0.3, -0.25) is 24.0 Å². The van der Waals surface area contributed by atoms with E-state index in [0.717, 1.165) is 5.56 Å². The molecule has 1 aromatic carbocycles. The number of nitrogens with zero attached hydrogens (tertiary/aromatic N) is 3. The van der Waals surface area contributed by atoms with E-state index in [1.54, 1.807) is 6.92 Å². The Morgan fingerprint density at radius 1 is 1.05 bits per heavy atom. The van der Waals surface area contributed by atoms with Crippen LogP contribution in [0.4, 0.5) is 0 Å². The summed E-state index contributed by atoms with van der Waals surface area (Å²) in [6, 6.07) is 8.82. The summed E-state index contributed by atoms with van der Waals surface area (Å²) in [7, 11) is 1.47. The van der Waals surface area contributed by atoms with E-state index in [4.69, 9.17) is 9.26 Å². The van der Waals surface area contributed by atoms with Gasteiger partial charge < -0.3 is 35.0 Å². The number of aryl methyl sites for hydroxylation is 1. The molecule has 3 N–H and O–H groups in total. The van der Waals surface area contributed by atoms with Gasteiger partial charge in [-0.25, -0.2) is 0 Å². The second-order valence-electron chi connectivity index (χ2n) is 11.2. The Hall–Kier alpha value is -4.26. The maximum absolute atomic E-state index is 13.6. The molecule has 3 heterocycles. The first-order valence-electron chi connectivity index (χ1n) is 14.0. The number of likely N-dealkylation sites (N-methyl/N-ethyl adjacent to an activating group) is 1. The molecule has 0 spiro atoms. The van der Waals surface area contributed by atoms with Gasteiger partial charge in [-0.1, -0.05) is 49.3 Å². The third-order valence-corrected chi connectivity index (χ3v) is 7.11. The van der Waals surface area contributed by atoms with E-state index in [2.05, 4.69) is 21.1 Å². The van der Waals surface area contributed by atoms with Gasteiger partial charge in [0.1, 0.15) is 17.8 Å². The van der Waals surface area contributed by atoms with E-state index in [-0.39, 0.29) is 44.2 Å². The van der Waals surface area contributed by atoms with Gasteiger partial charge in [-0.2, -0.15) is 0 Å². The Bertz CT molecular complexity index is 1300. The van der Waals surface area contributed by atoms with Crippen LogP contribution in [0.15, 0.2) is 40.9 Å². The zero-order valence-electron chi connectivity index (χ0n) is 24.3. The lowest BCUT2D eigenvalue weighted by Crippen LogP contribution is -2.59. The number of hydrogen-bond acceptors (Lipinski definition) is 8. The van der Waals surface area contributed by atoms with Crippen molar-refractivity contribution in [2.24, 2.45) is 5.92 Å². The number of carbonyl (C=O) groups is 5. The molecular weight excluding hydrogens is 544 g/mol. The second kappa shape index (κ2) is 13.6. The summed E-state index contributed by atoms with van der Waals surface area (Å²) in [6.45, 7) is 5.19. The van der Waals surface area contributed by atoms with Crippen LogP contribution in [0.25, 0.3) is 0 Å². The van der Waals surface area contributed by atoms with Crippen molar-refractivity contribution in [2.75, 3.05) is 33.2 Å². The quantitative estimate of drug-likeness (QED) is 0.445. The van der Waals surface area contributed by atoms with Crippen molar-refractivity contribution in [3.05, 3.63) is 53.4 Å². The number of amides is 5. The molecule has 42 heavy (non-hydrogen) atoms. The zero-order valence-corrected chi connectivity index (χ0v) is 24.3. The third kappa shape index (κ3) is 7.93. The van der Waals surface area contributed by atoms with Gasteiger partial charge in [0.25, 0.3) is 11.8 Å². The number of nitrogens with one attached hydrogen (secondary N) is 3. The molecule has 4 rings (SSSR count). The van der Waals surface area contributed by atoms with E-state index in [0.29, 0.717) is 12.2 Å². The van der Waals surface area contributed by atoms with E-state index >= 15 is 0 Å². The average Bonchev–Trinajstić information content (AvgIpc) is 3.40. The number of aromatic nitrogens is 1. The second-order valence-corrected chi connectivity index (χ2v) is 11.2. The van der Waals surface area contributed by atoms with Crippen LogP contribution < -0.4 is 16.0 Å². The molecule has 4 atom stereocenters. The molecule has 2 saturated heterocycles. The highest BCUT2D eigenvalue weighted by molar-refractivity contribution is 5.95. The lowest BCUT2D eigenvalue weighted by atomic mass is 10.0. The summed E-state index contributed by atoms with van der Waals surface area (Å²) in [4.78, 5) is 69.1. The molecule has 226 valence electrons. The van der Waals surface area contributed by atoms with Gasteiger partial charge >= 0.3 is 0 Å². The fraction of sp³-hybridized carbons (Fsp3) is 0.517. The maximum atomic E-state index is 13.6. The standard InChI is InChI=1S/C29H38N6O7/c1-17(2)10-21-26(37)30-13-20-14-35(29(40)23-11-18(3)42-33-23)15-24(41-20)27(38)32-22(12-19-8-6-5-7-9-19)28(39)34(4)16-25(36)31-21/h5-9,11,17,20-22,24H,10,12-16H2,1-4H3,(H,30,37)(H,31,36)(H,32,38)/t20-,21+,22-,24-/m1/s1. The van der Waals surface area contributed by atoms with E-state index in [1.165, 1.54) is 22.9 Å². The van der Waals surface area contributed by atoms with Crippen LogP contribution in [-0.2, 0) is 30.3 Å². The van der Waals surface area contributed by atoms with Crippen molar-refractivity contribution in [3.63, 3.8) is 0 Å². The molecular formula is C29H38N6O7. The van der Waals surface area contributed by atoms with Crippen molar-refractivity contribution in [1.82, 2.24) is 30.9 Å². The Labute approximate surface area is 244 Å². The zero-order chi connectivity index (χ0) is 30.4. The first-order chi connectivity index (χ1) is 20.0. The van der Waals surface area contributed by atoms with Gasteiger partial charge in [0.2, 0.25) is 17.7 Å². The Morgan fingerprint density at radius 3 is 2.45 bits per heavy atom. The Morgan fingerprint density at radius 2 is 1.79 bits per heavy atom. The minimum absolute atomic E-state index is 0.0129. The molecule has 2 fully saturated rings. The smallest absolute Gasteiger partial charge is 0.276 e. The van der Waals surface area contributed by atoms with Crippen molar-refractivity contribution in [3.8, 4) is 0 Å². The fourth-order valence-electron chi connectivity index (χ4n) is 5.05. The van der Waals surface area contributed by atoms with E-state index < -0.39 is 53.8 Å². The minimum atomic E-state index is -1.13. The molecule has 2 bridgehead atoms. The summed E-state index contributed by atoms with van der Waals surface area (Å²) in [5, 5.41) is 12.1. The number of hydrogen-bond donors (Lipinski definition) is 3. The average molecular weight is 583 g/mol. The van der Waals surface area contributed by atoms with Crippen LogP contribution in [0.1, 0.15) is 42.1 Å². The molecule has 2 aliphatic rings. The third-order valence-electron chi connectivity index (χ3n) is 7.11. The molecule has 2 aromatic rings. The molecule has 13 heteroatoms. The van der Waals surface area contributed by atoms with Crippen molar-refractivity contribution in [1.29, 1.82) is 0 Å². The number of rotatable bonds is 5. The lowest BCUT2D eigenvalue weighted by molar-refractivity contribution is -0.148. The number of fused-ring (bicyclic) bond motifs is 2. The number of benzene rings is 1. The van der Waals surface area contributed by atoms with Crippen molar-refractivity contribution < 1.29 is 33.2 Å². The number of ether oxygens (including phenoxy) is 1. The fourth-order valence-corrected chi connectivity index (χ4v) is 5.05. The van der Waals surface area contributed by atoms with Crippen LogP contribution in [-0.4, -0.2) is 102 Å². The van der Waals surface area contributed by atoms with E-state index in [9.17, 15) is 24.0 Å². The molecule has 0 aliphatic carbocycles. The molecule has 13 nitrogen and oxygen atoms in total. The van der Waals surface area contributed by atoms with Crippen LogP contribution >= 0.6 is 0 Å². The lowest BCUT2D eigenvalue weighted by Gasteiger charge is -2.37. The molecule has 0 radical (unpaired) electrons. The molecule has 0 unspecified atom stereocenters. The minimum Gasteiger partial charge on any atom is -0.361 e. The van der Waals surface area contributed by atoms with Gasteiger partial charge in [-0.05, 0) is 24.8 Å². The topological polar surface area (TPSA) is 163 Å². The van der Waals surface area contributed by atoms with Gasteiger partial charge in [0.05, 0.1) is 19.2 Å². The Balaban J connectivity index is 1.65. The maximum Gasteiger partial charge on any atom is 0.276 e. The highest BCUT2D eigenvalue weighted by atomic mass is 16.5. The molecule has 5 amide bonds. The SMILES string of the molecule is Cc1cc(C(=O)N2C[C@H]3CNC(=O)[C@H](CC(C)C)NC(=O)CN(C)C(=O)[C@@H](Cc4ccccc4)NC(=O)[C@@H](C2)O3)no1. The number of morpholine rings is 1. The van der Waals surface area contributed by atoms with Crippen LogP contribution in [0.3, 0.4) is 0 Å². The first kappa shape index (κ1) is 30.7. The van der Waals surface area contributed by atoms with Gasteiger partial charge in [0, 0.05) is 32.6 Å². The van der Waals surface area contributed by atoms with Crippen molar-refractivity contribution in [2.45, 2.75) is 57.9 Å². The predicted molar refractivity (Wildman–Crippen MR) is 150 cm³/mol. The summed E-state index contributed by atoms with van der Waals surface area (Å²) in [5.74, 6) is -1.91. The summed E-state index contributed by atoms with van der Waals surface area (Å²) in [6.07, 6.45) is -1.34. The monoisotopic (exact) mass is 582 g/mol. The van der Waals surface area contributed by atoms with Gasteiger partial charge in [-0.15, -0.1) is 0 Å². The summed E-state index contributed by atoms with van der Waals surface area (Å²) >= 11 is 0.